The molecule has 10 heteroatoms. The molecule has 0 spiro atoms. The topological polar surface area (TPSA) is 56.9 Å². The first-order valence-corrected chi connectivity index (χ1v) is 15.0. The third-order valence-corrected chi connectivity index (χ3v) is 9.90. The summed E-state index contributed by atoms with van der Waals surface area (Å²) in [7, 11) is 0. The molecule has 2 aliphatic heterocycles. The number of nitrogens with zero attached hydrogens (tertiary/aromatic N) is 4. The summed E-state index contributed by atoms with van der Waals surface area (Å²) in [6.45, 7) is 7.50. The van der Waals surface area contributed by atoms with Gasteiger partial charge in [-0.3, -0.25) is 13.9 Å². The number of likely N-dealkylation sites (tertiary alicyclic amines) is 1. The van der Waals surface area contributed by atoms with Gasteiger partial charge >= 0.3 is 11.9 Å². The number of fused-ring (bicyclic) bond motifs is 1. The maximum absolute atomic E-state index is 14.3. The van der Waals surface area contributed by atoms with Gasteiger partial charge in [0.25, 0.3) is 0 Å². The van der Waals surface area contributed by atoms with Gasteiger partial charge in [0.2, 0.25) is 0 Å². The van der Waals surface area contributed by atoms with Crippen molar-refractivity contribution >= 4 is 5.52 Å². The van der Waals surface area contributed by atoms with Gasteiger partial charge in [0.1, 0.15) is 0 Å². The van der Waals surface area contributed by atoms with E-state index in [-0.39, 0.29) is 17.2 Å². The van der Waals surface area contributed by atoms with Gasteiger partial charge in [-0.1, -0.05) is 19.8 Å². The number of nitrogens with one attached hydrogen (secondary N) is 2. The maximum Gasteiger partial charge on any atom is 0.418 e. The zero-order chi connectivity index (χ0) is 27.3. The third kappa shape index (κ3) is 5.42. The average molecular weight is 549 g/mol. The fourth-order valence-electron chi connectivity index (χ4n) is 7.77. The lowest BCUT2D eigenvalue weighted by atomic mass is 9.69. The molecule has 3 unspecified atom stereocenters. The van der Waals surface area contributed by atoms with Crippen molar-refractivity contribution in [1.82, 2.24) is 29.8 Å². The lowest BCUT2D eigenvalue weighted by Gasteiger charge is -2.47. The average Bonchev–Trinajstić information content (AvgIpc) is 3.43. The van der Waals surface area contributed by atoms with E-state index in [4.69, 9.17) is 0 Å². The minimum Gasteiger partial charge on any atom is -0.299 e. The molecule has 0 amide bonds. The monoisotopic (exact) mass is 548 g/mol. The number of aromatic nitrogens is 2. The molecule has 2 aromatic heterocycles. The first-order chi connectivity index (χ1) is 18.7. The Balaban J connectivity index is 1.31. The number of halogens is 3. The molecule has 7 nitrogen and oxygen atoms in total. The number of hydrazine groups is 2. The van der Waals surface area contributed by atoms with E-state index in [2.05, 4.69) is 34.7 Å². The van der Waals surface area contributed by atoms with E-state index in [1.54, 1.807) is 10.8 Å². The Morgan fingerprint density at radius 3 is 2.46 bits per heavy atom. The standard InChI is InChI=1S/C29H43F3N6O/c1-19-6-5-11-35(15-19)16-21-12-25(29(30,31)32)26-18-36(28(39)37(26)17-21)24-10-4-9-23(13-24)27(22-7-3-8-22)38-20(2)14-33-34-38/h12,17-20,22-24,27,33-34H,3-11,13-16H2,1-2H3/t19-,20?,23?,24?,27+/m0/s1. The van der Waals surface area contributed by atoms with Crippen LogP contribution in [0.3, 0.4) is 0 Å². The Morgan fingerprint density at radius 2 is 1.79 bits per heavy atom. The van der Waals surface area contributed by atoms with Gasteiger partial charge in [-0.15, -0.1) is 0 Å². The summed E-state index contributed by atoms with van der Waals surface area (Å²) in [5, 5.41) is 2.38. The lowest BCUT2D eigenvalue weighted by molar-refractivity contribution is -0.136. The molecule has 39 heavy (non-hydrogen) atoms. The quantitative estimate of drug-likeness (QED) is 0.534. The molecule has 4 heterocycles. The van der Waals surface area contributed by atoms with Gasteiger partial charge in [-0.05, 0) is 87.8 Å². The third-order valence-electron chi connectivity index (χ3n) is 9.90. The fraction of sp³-hybridized carbons (Fsp3) is 0.759. The SMILES string of the molecule is CC1CNNN1[C@H](C1CCC1)C1CCCC(n2cc3c(C(F)(F)F)cc(CN4CCC[C@H](C)C4)cn3c2=O)C1. The number of hydrogen-bond donors (Lipinski definition) is 2. The zero-order valence-electron chi connectivity index (χ0n) is 23.2. The Kier molecular flexibility index (Phi) is 7.58. The van der Waals surface area contributed by atoms with E-state index in [1.165, 1.54) is 35.9 Å². The highest BCUT2D eigenvalue weighted by atomic mass is 19.4. The number of piperidine rings is 1. The number of pyridine rings is 1. The van der Waals surface area contributed by atoms with Crippen molar-refractivity contribution in [2.45, 2.75) is 102 Å². The Labute approximate surface area is 228 Å². The van der Waals surface area contributed by atoms with Gasteiger partial charge in [0.05, 0.1) is 11.1 Å². The molecule has 2 aliphatic carbocycles. The van der Waals surface area contributed by atoms with E-state index in [1.807, 2.05) is 0 Å². The number of imidazole rings is 1. The molecule has 216 valence electrons. The van der Waals surface area contributed by atoms with Crippen molar-refractivity contribution in [2.75, 3.05) is 19.6 Å². The van der Waals surface area contributed by atoms with E-state index in [0.717, 1.165) is 58.2 Å². The minimum absolute atomic E-state index is 0.0278. The molecule has 0 aromatic carbocycles. The summed E-state index contributed by atoms with van der Waals surface area (Å²) in [4.78, 5) is 15.9. The van der Waals surface area contributed by atoms with Gasteiger partial charge in [-0.2, -0.15) is 18.7 Å². The molecule has 2 saturated heterocycles. The lowest BCUT2D eigenvalue weighted by Crippen LogP contribution is -2.55. The molecular formula is C29H43F3N6O. The van der Waals surface area contributed by atoms with Crippen LogP contribution >= 0.6 is 0 Å². The molecule has 6 rings (SSSR count). The summed E-state index contributed by atoms with van der Waals surface area (Å²) >= 11 is 0. The predicted octanol–water partition coefficient (Wildman–Crippen LogP) is 4.97. The summed E-state index contributed by atoms with van der Waals surface area (Å²) in [6.07, 6.45) is 8.25. The van der Waals surface area contributed by atoms with Crippen molar-refractivity contribution in [3.05, 3.63) is 40.1 Å². The maximum atomic E-state index is 14.3. The highest BCUT2D eigenvalue weighted by Gasteiger charge is 2.43. The second-order valence-electron chi connectivity index (χ2n) is 12.8. The van der Waals surface area contributed by atoms with Crippen LogP contribution in [-0.2, 0) is 12.7 Å². The van der Waals surface area contributed by atoms with Crippen LogP contribution < -0.4 is 16.7 Å². The first-order valence-electron chi connectivity index (χ1n) is 15.0. The van der Waals surface area contributed by atoms with Gasteiger partial charge in [0.15, 0.2) is 0 Å². The largest absolute Gasteiger partial charge is 0.418 e. The number of rotatable bonds is 6. The zero-order valence-corrected chi connectivity index (χ0v) is 23.2. The summed E-state index contributed by atoms with van der Waals surface area (Å²) in [6, 6.07) is 1.94. The van der Waals surface area contributed by atoms with Crippen molar-refractivity contribution < 1.29 is 13.2 Å². The number of alkyl halides is 3. The Bertz CT molecular complexity index is 1220. The smallest absolute Gasteiger partial charge is 0.299 e. The van der Waals surface area contributed by atoms with Crippen LogP contribution in [0.5, 0.6) is 0 Å². The highest BCUT2D eigenvalue weighted by Crippen LogP contribution is 2.44. The van der Waals surface area contributed by atoms with Crippen LogP contribution in [0, 0.1) is 17.8 Å². The van der Waals surface area contributed by atoms with Crippen molar-refractivity contribution in [2.24, 2.45) is 17.8 Å². The molecule has 5 atom stereocenters. The molecule has 2 N–H and O–H groups in total. The van der Waals surface area contributed by atoms with Gasteiger partial charge in [-0.25, -0.2) is 15.2 Å². The molecular weight excluding hydrogens is 505 g/mol. The van der Waals surface area contributed by atoms with Gasteiger partial charge < -0.3 is 0 Å². The molecule has 0 bridgehead atoms. The second-order valence-corrected chi connectivity index (χ2v) is 12.8. The molecule has 0 radical (unpaired) electrons. The van der Waals surface area contributed by atoms with Crippen LogP contribution in [0.15, 0.2) is 23.3 Å². The Morgan fingerprint density at radius 1 is 1.03 bits per heavy atom. The van der Waals surface area contributed by atoms with Crippen molar-refractivity contribution in [1.29, 1.82) is 0 Å². The first kappa shape index (κ1) is 27.3. The summed E-state index contributed by atoms with van der Waals surface area (Å²) in [5.41, 5.74) is 6.14. The van der Waals surface area contributed by atoms with Crippen LogP contribution in [0.2, 0.25) is 0 Å². The summed E-state index contributed by atoms with van der Waals surface area (Å²) < 4.78 is 45.7. The van der Waals surface area contributed by atoms with E-state index in [0.29, 0.717) is 41.9 Å². The van der Waals surface area contributed by atoms with Crippen LogP contribution in [-0.4, -0.2) is 50.6 Å². The fourth-order valence-corrected chi connectivity index (χ4v) is 7.77. The minimum atomic E-state index is -4.52. The van der Waals surface area contributed by atoms with Crippen LogP contribution in [0.1, 0.15) is 88.8 Å². The molecule has 2 saturated carbocycles. The van der Waals surface area contributed by atoms with E-state index >= 15 is 0 Å². The second kappa shape index (κ2) is 10.8. The molecule has 4 aliphatic rings. The molecule has 2 aromatic rings. The predicted molar refractivity (Wildman–Crippen MR) is 145 cm³/mol. The van der Waals surface area contributed by atoms with E-state index in [9.17, 15) is 18.0 Å². The Hall–Kier alpha value is -1.88. The van der Waals surface area contributed by atoms with Crippen molar-refractivity contribution in [3.63, 3.8) is 0 Å². The highest BCUT2D eigenvalue weighted by molar-refractivity contribution is 5.56. The normalized spacial score (nSPS) is 30.6. The van der Waals surface area contributed by atoms with Crippen molar-refractivity contribution in [3.8, 4) is 0 Å². The molecule has 4 fully saturated rings. The van der Waals surface area contributed by atoms with Crippen LogP contribution in [0.25, 0.3) is 5.52 Å². The van der Waals surface area contributed by atoms with E-state index < -0.39 is 11.7 Å². The number of hydrogen-bond acceptors (Lipinski definition) is 5. The summed E-state index contributed by atoms with van der Waals surface area (Å²) in [5.74, 6) is 1.56. The van der Waals surface area contributed by atoms with Gasteiger partial charge in [0, 0.05) is 50.2 Å². The van der Waals surface area contributed by atoms with Crippen LogP contribution in [0.4, 0.5) is 13.2 Å².